The molecule has 2 aromatic rings. The van der Waals surface area contributed by atoms with Crippen LogP contribution in [0.1, 0.15) is 42.0 Å². The second-order valence-corrected chi connectivity index (χ2v) is 6.72. The molecule has 1 heterocycles. The quantitative estimate of drug-likeness (QED) is 0.623. The Hall–Kier alpha value is -2.27. The molecule has 0 saturated carbocycles. The zero-order valence-electron chi connectivity index (χ0n) is 14.7. The molecule has 138 valence electrons. The smallest absolute Gasteiger partial charge is 0.314 e. The Morgan fingerprint density at radius 2 is 1.92 bits per heavy atom. The summed E-state index contributed by atoms with van der Waals surface area (Å²) in [6.45, 7) is 1.65. The molecule has 0 saturated heterocycles. The molecule has 1 atom stereocenters. The number of carbonyl (C=O) groups is 1. The van der Waals surface area contributed by atoms with E-state index in [1.165, 1.54) is 12.1 Å². The summed E-state index contributed by atoms with van der Waals surface area (Å²) in [6.07, 6.45) is 2.93. The highest BCUT2D eigenvalue weighted by molar-refractivity contribution is 5.78. The van der Waals surface area contributed by atoms with Gasteiger partial charge in [-0.3, -0.25) is 4.79 Å². The maximum absolute atomic E-state index is 14.8. The first-order valence-corrected chi connectivity index (χ1v) is 8.93. The van der Waals surface area contributed by atoms with Crippen molar-refractivity contribution in [1.29, 1.82) is 0 Å². The van der Waals surface area contributed by atoms with Crippen LogP contribution < -0.4 is 4.74 Å². The number of carbonyl (C=O) groups excluding carboxylic acids is 1. The van der Waals surface area contributed by atoms with Crippen LogP contribution in [0, 0.1) is 17.6 Å². The standard InChI is InChI=1S/C21H22F2O3/c1-2-3-16-11-15-9-8-14(19(23)20(15)26-21(16)25)6-4-13-5-7-17(12-24)18(22)10-13/h5,7-10,16,24H,2-4,6,11-12H2,1H3. The molecule has 1 unspecified atom stereocenters. The normalized spacial score (nSPS) is 16.3. The number of fused-ring (bicyclic) bond motifs is 1. The summed E-state index contributed by atoms with van der Waals surface area (Å²) < 4.78 is 33.8. The third kappa shape index (κ3) is 3.78. The van der Waals surface area contributed by atoms with Crippen molar-refractivity contribution in [2.75, 3.05) is 0 Å². The Morgan fingerprint density at radius 3 is 2.62 bits per heavy atom. The lowest BCUT2D eigenvalue weighted by molar-refractivity contribution is -0.140. The van der Waals surface area contributed by atoms with Crippen molar-refractivity contribution in [2.45, 2.75) is 45.6 Å². The van der Waals surface area contributed by atoms with E-state index in [1.807, 2.05) is 13.0 Å². The van der Waals surface area contributed by atoms with Gasteiger partial charge in [0.15, 0.2) is 11.6 Å². The fraction of sp³-hybridized carbons (Fsp3) is 0.381. The van der Waals surface area contributed by atoms with Gasteiger partial charge in [-0.05, 0) is 48.4 Å². The average molecular weight is 360 g/mol. The van der Waals surface area contributed by atoms with Gasteiger partial charge >= 0.3 is 5.97 Å². The van der Waals surface area contributed by atoms with Gasteiger partial charge in [0.25, 0.3) is 0 Å². The Balaban J connectivity index is 1.75. The third-order valence-electron chi connectivity index (χ3n) is 4.87. The molecule has 0 aromatic heterocycles. The summed E-state index contributed by atoms with van der Waals surface area (Å²) in [4.78, 5) is 12.0. The first-order valence-electron chi connectivity index (χ1n) is 8.93. The van der Waals surface area contributed by atoms with Crippen LogP contribution in [-0.4, -0.2) is 11.1 Å². The number of ether oxygens (including phenoxy) is 1. The monoisotopic (exact) mass is 360 g/mol. The number of hydrogen-bond donors (Lipinski definition) is 1. The van der Waals surface area contributed by atoms with Crippen LogP contribution in [0.5, 0.6) is 5.75 Å². The van der Waals surface area contributed by atoms with Gasteiger partial charge in [0.05, 0.1) is 12.5 Å². The third-order valence-corrected chi connectivity index (χ3v) is 4.87. The molecule has 0 bridgehead atoms. The maximum Gasteiger partial charge on any atom is 0.314 e. The zero-order chi connectivity index (χ0) is 18.7. The van der Waals surface area contributed by atoms with E-state index in [2.05, 4.69) is 0 Å². The van der Waals surface area contributed by atoms with E-state index in [1.54, 1.807) is 12.1 Å². The second-order valence-electron chi connectivity index (χ2n) is 6.72. The summed E-state index contributed by atoms with van der Waals surface area (Å²) in [5, 5.41) is 9.01. The van der Waals surface area contributed by atoms with Gasteiger partial charge < -0.3 is 9.84 Å². The summed E-state index contributed by atoms with van der Waals surface area (Å²) >= 11 is 0. The molecule has 26 heavy (non-hydrogen) atoms. The minimum absolute atomic E-state index is 0.0432. The van der Waals surface area contributed by atoms with Crippen molar-refractivity contribution in [3.63, 3.8) is 0 Å². The number of esters is 1. The van der Waals surface area contributed by atoms with Crippen LogP contribution >= 0.6 is 0 Å². The highest BCUT2D eigenvalue weighted by atomic mass is 19.1. The summed E-state index contributed by atoms with van der Waals surface area (Å²) in [5.41, 5.74) is 2.12. The number of aliphatic hydroxyl groups excluding tert-OH is 1. The molecule has 1 aliphatic rings. The Morgan fingerprint density at radius 1 is 1.15 bits per heavy atom. The molecule has 1 aliphatic heterocycles. The highest BCUT2D eigenvalue weighted by Crippen LogP contribution is 2.34. The van der Waals surface area contributed by atoms with Crippen molar-refractivity contribution in [3.8, 4) is 5.75 Å². The summed E-state index contributed by atoms with van der Waals surface area (Å²) in [7, 11) is 0. The molecule has 5 heteroatoms. The molecule has 3 rings (SSSR count). The second kappa shape index (κ2) is 7.96. The van der Waals surface area contributed by atoms with E-state index in [0.717, 1.165) is 24.0 Å². The fourth-order valence-electron chi connectivity index (χ4n) is 3.36. The van der Waals surface area contributed by atoms with Crippen LogP contribution in [0.4, 0.5) is 8.78 Å². The van der Waals surface area contributed by atoms with Crippen molar-refractivity contribution < 1.29 is 23.4 Å². The fourth-order valence-corrected chi connectivity index (χ4v) is 3.36. The number of halogens is 2. The lowest BCUT2D eigenvalue weighted by Crippen LogP contribution is -2.28. The predicted octanol–water partition coefficient (Wildman–Crippen LogP) is 4.12. The van der Waals surface area contributed by atoms with Crippen molar-refractivity contribution >= 4 is 5.97 Å². The van der Waals surface area contributed by atoms with E-state index >= 15 is 0 Å². The Kier molecular flexibility index (Phi) is 5.67. The van der Waals surface area contributed by atoms with Gasteiger partial charge in [0.2, 0.25) is 0 Å². The highest BCUT2D eigenvalue weighted by Gasteiger charge is 2.30. The van der Waals surface area contributed by atoms with Gasteiger partial charge in [-0.15, -0.1) is 0 Å². The van der Waals surface area contributed by atoms with E-state index in [4.69, 9.17) is 9.84 Å². The van der Waals surface area contributed by atoms with Gasteiger partial charge in [0, 0.05) is 5.56 Å². The molecule has 1 N–H and O–H groups in total. The SMILES string of the molecule is CCCC1Cc2ccc(CCc3ccc(CO)c(F)c3)c(F)c2OC1=O. The minimum atomic E-state index is -0.502. The zero-order valence-corrected chi connectivity index (χ0v) is 14.7. The van der Waals surface area contributed by atoms with Gasteiger partial charge in [-0.25, -0.2) is 8.78 Å². The maximum atomic E-state index is 14.8. The number of aryl methyl sites for hydroxylation is 2. The topological polar surface area (TPSA) is 46.5 Å². The van der Waals surface area contributed by atoms with Crippen molar-refractivity contribution in [3.05, 3.63) is 64.2 Å². The number of benzene rings is 2. The van der Waals surface area contributed by atoms with E-state index in [-0.39, 0.29) is 29.8 Å². The minimum Gasteiger partial charge on any atom is -0.423 e. The molecule has 2 aromatic carbocycles. The average Bonchev–Trinajstić information content (AvgIpc) is 2.63. The van der Waals surface area contributed by atoms with Crippen LogP contribution in [0.15, 0.2) is 30.3 Å². The molecule has 0 fully saturated rings. The van der Waals surface area contributed by atoms with E-state index < -0.39 is 11.6 Å². The van der Waals surface area contributed by atoms with Crippen LogP contribution in [-0.2, 0) is 30.7 Å². The molecular weight excluding hydrogens is 338 g/mol. The molecule has 0 amide bonds. The summed E-state index contributed by atoms with van der Waals surface area (Å²) in [5.74, 6) is -1.49. The van der Waals surface area contributed by atoms with E-state index in [9.17, 15) is 13.6 Å². The molecule has 0 aliphatic carbocycles. The van der Waals surface area contributed by atoms with E-state index in [0.29, 0.717) is 24.8 Å². The first-order chi connectivity index (χ1) is 12.5. The first kappa shape index (κ1) is 18.5. The Bertz CT molecular complexity index is 817. The van der Waals surface area contributed by atoms with Gasteiger partial charge in [-0.2, -0.15) is 0 Å². The van der Waals surface area contributed by atoms with Gasteiger partial charge in [0.1, 0.15) is 5.82 Å². The van der Waals surface area contributed by atoms with Crippen molar-refractivity contribution in [2.24, 2.45) is 5.92 Å². The van der Waals surface area contributed by atoms with Crippen molar-refractivity contribution in [1.82, 2.24) is 0 Å². The van der Waals surface area contributed by atoms with Gasteiger partial charge in [-0.1, -0.05) is 37.6 Å². The lowest BCUT2D eigenvalue weighted by atomic mass is 9.91. The Labute approximate surface area is 151 Å². The molecule has 0 radical (unpaired) electrons. The van der Waals surface area contributed by atoms with Crippen LogP contribution in [0.3, 0.4) is 0 Å². The molecule has 0 spiro atoms. The lowest BCUT2D eigenvalue weighted by Gasteiger charge is -2.24. The number of rotatable bonds is 6. The molecule has 3 nitrogen and oxygen atoms in total. The largest absolute Gasteiger partial charge is 0.423 e. The summed E-state index contributed by atoms with van der Waals surface area (Å²) in [6, 6.07) is 8.15. The molecular formula is C21H22F2O3. The predicted molar refractivity (Wildman–Crippen MR) is 93.9 cm³/mol. The van der Waals surface area contributed by atoms with Crippen LogP contribution in [0.2, 0.25) is 0 Å². The number of aliphatic hydroxyl groups is 1. The van der Waals surface area contributed by atoms with Crippen LogP contribution in [0.25, 0.3) is 0 Å². The number of hydrogen-bond acceptors (Lipinski definition) is 3.